The van der Waals surface area contributed by atoms with Gasteiger partial charge in [-0.05, 0) is 39.7 Å². The number of rotatable bonds is 2. The van der Waals surface area contributed by atoms with Crippen LogP contribution in [0.1, 0.15) is 9.67 Å². The minimum atomic E-state index is -0.465. The van der Waals surface area contributed by atoms with Gasteiger partial charge in [0, 0.05) is 0 Å². The Hall–Kier alpha value is -0.650. The van der Waals surface area contributed by atoms with Crippen molar-refractivity contribution in [1.29, 1.82) is 0 Å². The van der Waals surface area contributed by atoms with Crippen LogP contribution < -0.4 is 4.74 Å². The van der Waals surface area contributed by atoms with E-state index in [1.165, 1.54) is 11.3 Å². The van der Waals surface area contributed by atoms with Crippen LogP contribution in [0, 0.1) is 0 Å². The fourth-order valence-electron chi connectivity index (χ4n) is 1.17. The summed E-state index contributed by atoms with van der Waals surface area (Å²) in [6.07, 6.45) is 0. The molecule has 0 aliphatic heterocycles. The summed E-state index contributed by atoms with van der Waals surface area (Å²) in [5.74, 6) is 0.494. The second-order valence-electron chi connectivity index (χ2n) is 2.75. The van der Waals surface area contributed by atoms with E-state index >= 15 is 0 Å². The van der Waals surface area contributed by atoms with Crippen molar-refractivity contribution >= 4 is 54.3 Å². The Bertz CT molecular complexity index is 540. The molecule has 0 radical (unpaired) electrons. The van der Waals surface area contributed by atoms with Crippen LogP contribution in [0.25, 0.3) is 10.2 Å². The molecule has 2 rings (SSSR count). The molecule has 2 aromatic heterocycles. The van der Waals surface area contributed by atoms with Gasteiger partial charge < -0.3 is 4.74 Å². The third-order valence-corrected chi connectivity index (χ3v) is 3.77. The fraction of sp³-hybridized carbons (Fsp3) is 0.111. The first-order valence-electron chi connectivity index (χ1n) is 3.95. The van der Waals surface area contributed by atoms with Crippen LogP contribution >= 0.6 is 38.9 Å². The summed E-state index contributed by atoms with van der Waals surface area (Å²) in [7, 11) is 1.54. The van der Waals surface area contributed by atoms with Crippen molar-refractivity contribution < 1.29 is 9.53 Å². The second kappa shape index (κ2) is 4.08. The molecule has 2 heterocycles. The summed E-state index contributed by atoms with van der Waals surface area (Å²) in [5.41, 5.74) is 0.712. The van der Waals surface area contributed by atoms with E-state index in [2.05, 4.69) is 20.9 Å². The molecule has 0 spiro atoms. The number of hydrogen-bond donors (Lipinski definition) is 0. The van der Waals surface area contributed by atoms with Crippen molar-refractivity contribution in [2.24, 2.45) is 0 Å². The summed E-state index contributed by atoms with van der Waals surface area (Å²) >= 11 is 10.0. The molecule has 0 saturated heterocycles. The Morgan fingerprint density at radius 2 is 2.33 bits per heavy atom. The lowest BCUT2D eigenvalue weighted by atomic mass is 10.4. The molecule has 0 fully saturated rings. The molecule has 0 amide bonds. The molecule has 0 aliphatic carbocycles. The maximum absolute atomic E-state index is 11.0. The van der Waals surface area contributed by atoms with Gasteiger partial charge in [0.25, 0.3) is 5.24 Å². The van der Waals surface area contributed by atoms with Crippen molar-refractivity contribution in [3.63, 3.8) is 0 Å². The van der Waals surface area contributed by atoms with Crippen LogP contribution in [0.2, 0.25) is 0 Å². The van der Waals surface area contributed by atoms with Gasteiger partial charge in [-0.2, -0.15) is 0 Å². The van der Waals surface area contributed by atoms with E-state index in [0.717, 1.165) is 9.17 Å². The number of nitrogens with zero attached hydrogens (tertiary/aromatic N) is 1. The Balaban J connectivity index is 2.66. The third kappa shape index (κ3) is 2.00. The predicted molar refractivity (Wildman–Crippen MR) is 64.1 cm³/mol. The zero-order chi connectivity index (χ0) is 11.0. The fourth-order valence-corrected chi connectivity index (χ4v) is 2.84. The van der Waals surface area contributed by atoms with Crippen LogP contribution in [-0.4, -0.2) is 17.3 Å². The Morgan fingerprint density at radius 3 is 2.93 bits per heavy atom. The highest BCUT2D eigenvalue weighted by Crippen LogP contribution is 2.32. The van der Waals surface area contributed by atoms with Gasteiger partial charge in [0.15, 0.2) is 0 Å². The lowest BCUT2D eigenvalue weighted by Crippen LogP contribution is -1.87. The summed E-state index contributed by atoms with van der Waals surface area (Å²) in [4.78, 5) is 15.7. The number of carbonyl (C=O) groups is 1. The van der Waals surface area contributed by atoms with Gasteiger partial charge in [-0.1, -0.05) is 0 Å². The first-order chi connectivity index (χ1) is 7.11. The number of ether oxygens (including phenoxy) is 1. The SMILES string of the molecule is COc1nc2cc(C(=O)Cl)sc2cc1Br. The molecule has 0 N–H and O–H groups in total. The topological polar surface area (TPSA) is 39.2 Å². The van der Waals surface area contributed by atoms with Crippen LogP contribution in [0.4, 0.5) is 0 Å². The van der Waals surface area contributed by atoms with Gasteiger partial charge in [-0.3, -0.25) is 4.79 Å². The largest absolute Gasteiger partial charge is 0.480 e. The Kier molecular flexibility index (Phi) is 2.95. The standard InChI is InChI=1S/C9H5BrClNO2S/c1-14-9-4(10)2-6-5(12-9)3-7(15-6)8(11)13/h2-3H,1H3. The van der Waals surface area contributed by atoms with Gasteiger partial charge in [0.2, 0.25) is 5.88 Å². The van der Waals surface area contributed by atoms with E-state index in [-0.39, 0.29) is 0 Å². The highest BCUT2D eigenvalue weighted by molar-refractivity contribution is 9.10. The van der Waals surface area contributed by atoms with Crippen molar-refractivity contribution in [2.75, 3.05) is 7.11 Å². The van der Waals surface area contributed by atoms with Crippen LogP contribution in [0.15, 0.2) is 16.6 Å². The van der Waals surface area contributed by atoms with Crippen molar-refractivity contribution in [3.8, 4) is 5.88 Å². The van der Waals surface area contributed by atoms with E-state index in [4.69, 9.17) is 16.3 Å². The number of methoxy groups -OCH3 is 1. The lowest BCUT2D eigenvalue weighted by Gasteiger charge is -2.00. The van der Waals surface area contributed by atoms with E-state index in [1.54, 1.807) is 13.2 Å². The zero-order valence-electron chi connectivity index (χ0n) is 7.58. The summed E-state index contributed by atoms with van der Waals surface area (Å²) < 4.78 is 6.70. The number of thiophene rings is 1. The molecule has 0 unspecified atom stereocenters. The molecule has 6 heteroatoms. The molecule has 0 aromatic carbocycles. The van der Waals surface area contributed by atoms with Gasteiger partial charge >= 0.3 is 0 Å². The average Bonchev–Trinajstić information content (AvgIpc) is 2.59. The maximum Gasteiger partial charge on any atom is 0.262 e. The van der Waals surface area contributed by atoms with Gasteiger partial charge in [0.1, 0.15) is 0 Å². The predicted octanol–water partition coefficient (Wildman–Crippen LogP) is 3.45. The van der Waals surface area contributed by atoms with Gasteiger partial charge in [-0.15, -0.1) is 11.3 Å². The molecule has 0 bridgehead atoms. The molecule has 2 aromatic rings. The first kappa shape index (κ1) is 10.9. The van der Waals surface area contributed by atoms with E-state index in [9.17, 15) is 4.79 Å². The first-order valence-corrected chi connectivity index (χ1v) is 5.94. The van der Waals surface area contributed by atoms with Crippen LogP contribution in [0.5, 0.6) is 5.88 Å². The molecule has 0 aliphatic rings. The molecule has 15 heavy (non-hydrogen) atoms. The third-order valence-electron chi connectivity index (χ3n) is 1.81. The number of pyridine rings is 1. The summed E-state index contributed by atoms with van der Waals surface area (Å²) in [5, 5.41) is -0.465. The van der Waals surface area contributed by atoms with Gasteiger partial charge in [-0.25, -0.2) is 4.98 Å². The quantitative estimate of drug-likeness (QED) is 0.798. The maximum atomic E-state index is 11.0. The minimum absolute atomic E-state index is 0.465. The molecule has 3 nitrogen and oxygen atoms in total. The summed E-state index contributed by atoms with van der Waals surface area (Å²) in [6.45, 7) is 0. The lowest BCUT2D eigenvalue weighted by molar-refractivity contribution is 0.108. The normalized spacial score (nSPS) is 10.6. The molecular weight excluding hydrogens is 302 g/mol. The summed E-state index contributed by atoms with van der Waals surface area (Å²) in [6, 6.07) is 3.51. The highest BCUT2D eigenvalue weighted by atomic mass is 79.9. The van der Waals surface area contributed by atoms with E-state index in [1.807, 2.05) is 6.07 Å². The highest BCUT2D eigenvalue weighted by Gasteiger charge is 2.11. The average molecular weight is 307 g/mol. The van der Waals surface area contributed by atoms with Crippen LogP contribution in [-0.2, 0) is 0 Å². The smallest absolute Gasteiger partial charge is 0.262 e. The molecule has 0 atom stereocenters. The molecule has 0 saturated carbocycles. The number of aromatic nitrogens is 1. The number of fused-ring (bicyclic) bond motifs is 1. The zero-order valence-corrected chi connectivity index (χ0v) is 10.7. The monoisotopic (exact) mass is 305 g/mol. The van der Waals surface area contributed by atoms with Crippen molar-refractivity contribution in [1.82, 2.24) is 4.98 Å². The van der Waals surface area contributed by atoms with E-state index < -0.39 is 5.24 Å². The molecular formula is C9H5BrClNO2S. The second-order valence-corrected chi connectivity index (χ2v) is 5.03. The van der Waals surface area contributed by atoms with Crippen molar-refractivity contribution in [2.45, 2.75) is 0 Å². The van der Waals surface area contributed by atoms with E-state index in [0.29, 0.717) is 16.3 Å². The number of carbonyl (C=O) groups excluding carboxylic acids is 1. The number of halogens is 2. The Morgan fingerprint density at radius 1 is 1.60 bits per heavy atom. The minimum Gasteiger partial charge on any atom is -0.480 e. The number of hydrogen-bond acceptors (Lipinski definition) is 4. The van der Waals surface area contributed by atoms with Crippen LogP contribution in [0.3, 0.4) is 0 Å². The Labute approximate surface area is 103 Å². The van der Waals surface area contributed by atoms with Crippen molar-refractivity contribution in [3.05, 3.63) is 21.5 Å². The van der Waals surface area contributed by atoms with Gasteiger partial charge in [0.05, 0.1) is 26.7 Å². The molecule has 78 valence electrons.